The SMILES string of the molecule is Cc1ccc(CCC(C)Cl)s1. The van der Waals surface area contributed by atoms with Gasteiger partial charge >= 0.3 is 0 Å². The van der Waals surface area contributed by atoms with Crippen LogP contribution in [0.2, 0.25) is 0 Å². The summed E-state index contributed by atoms with van der Waals surface area (Å²) in [5.74, 6) is 0. The van der Waals surface area contributed by atoms with Gasteiger partial charge in [-0.1, -0.05) is 0 Å². The maximum atomic E-state index is 5.84. The molecule has 11 heavy (non-hydrogen) atoms. The Morgan fingerprint density at radius 3 is 2.73 bits per heavy atom. The molecule has 0 bridgehead atoms. The van der Waals surface area contributed by atoms with E-state index in [-0.39, 0.29) is 0 Å². The van der Waals surface area contributed by atoms with E-state index in [4.69, 9.17) is 11.6 Å². The molecule has 1 aromatic rings. The zero-order valence-electron chi connectivity index (χ0n) is 6.93. The molecule has 1 unspecified atom stereocenters. The van der Waals surface area contributed by atoms with E-state index >= 15 is 0 Å². The maximum absolute atomic E-state index is 5.84. The Labute approximate surface area is 77.2 Å². The van der Waals surface area contributed by atoms with Crippen molar-refractivity contribution < 1.29 is 0 Å². The van der Waals surface area contributed by atoms with Gasteiger partial charge in [0.25, 0.3) is 0 Å². The molecule has 1 rings (SSSR count). The van der Waals surface area contributed by atoms with E-state index < -0.39 is 0 Å². The van der Waals surface area contributed by atoms with Gasteiger partial charge in [-0.25, -0.2) is 0 Å². The van der Waals surface area contributed by atoms with Crippen molar-refractivity contribution in [2.45, 2.75) is 32.1 Å². The molecule has 62 valence electrons. The topological polar surface area (TPSA) is 0 Å². The lowest BCUT2D eigenvalue weighted by Crippen LogP contribution is -1.91. The molecule has 1 atom stereocenters. The number of hydrogen-bond acceptors (Lipinski definition) is 1. The number of thiophene rings is 1. The Kier molecular flexibility index (Phi) is 3.41. The molecule has 0 amide bonds. The molecule has 0 saturated heterocycles. The fraction of sp³-hybridized carbons (Fsp3) is 0.556. The Bertz CT molecular complexity index is 215. The van der Waals surface area contributed by atoms with Crippen LogP contribution in [0.4, 0.5) is 0 Å². The monoisotopic (exact) mass is 188 g/mol. The molecule has 2 heteroatoms. The summed E-state index contributed by atoms with van der Waals surface area (Å²) in [5.41, 5.74) is 0. The van der Waals surface area contributed by atoms with Crippen LogP contribution in [0.25, 0.3) is 0 Å². The van der Waals surface area contributed by atoms with Gasteiger partial charge in [-0.15, -0.1) is 22.9 Å². The zero-order chi connectivity index (χ0) is 8.27. The minimum Gasteiger partial charge on any atom is -0.146 e. The van der Waals surface area contributed by atoms with Gasteiger partial charge in [-0.2, -0.15) is 0 Å². The van der Waals surface area contributed by atoms with Gasteiger partial charge in [0.2, 0.25) is 0 Å². The van der Waals surface area contributed by atoms with Crippen molar-refractivity contribution >= 4 is 22.9 Å². The van der Waals surface area contributed by atoms with Gasteiger partial charge in [0.05, 0.1) is 0 Å². The fourth-order valence-corrected chi connectivity index (χ4v) is 1.98. The molecule has 0 fully saturated rings. The highest BCUT2D eigenvalue weighted by Crippen LogP contribution is 2.18. The Hall–Kier alpha value is -0.0100. The van der Waals surface area contributed by atoms with E-state index in [9.17, 15) is 0 Å². The average molecular weight is 189 g/mol. The second kappa shape index (κ2) is 4.13. The highest BCUT2D eigenvalue weighted by molar-refractivity contribution is 7.11. The van der Waals surface area contributed by atoms with E-state index in [0.29, 0.717) is 5.38 Å². The van der Waals surface area contributed by atoms with Gasteiger partial charge in [0.1, 0.15) is 0 Å². The quantitative estimate of drug-likeness (QED) is 0.636. The van der Waals surface area contributed by atoms with Crippen LogP contribution < -0.4 is 0 Å². The molecule has 0 spiro atoms. The first kappa shape index (κ1) is 9.08. The molecule has 0 radical (unpaired) electrons. The third-order valence-corrected chi connectivity index (χ3v) is 2.86. The second-order valence-electron chi connectivity index (χ2n) is 2.83. The van der Waals surface area contributed by atoms with Crippen LogP contribution in [0.5, 0.6) is 0 Å². The largest absolute Gasteiger partial charge is 0.146 e. The van der Waals surface area contributed by atoms with Crippen molar-refractivity contribution in [3.63, 3.8) is 0 Å². The predicted molar refractivity (Wildman–Crippen MR) is 52.7 cm³/mol. The normalized spacial score (nSPS) is 13.4. The molecule has 0 aromatic carbocycles. The lowest BCUT2D eigenvalue weighted by atomic mass is 10.2. The Balaban J connectivity index is 2.39. The summed E-state index contributed by atoms with van der Waals surface area (Å²) in [4.78, 5) is 2.84. The smallest absolute Gasteiger partial charge is 0.0311 e. The van der Waals surface area contributed by atoms with Crippen LogP contribution in [-0.4, -0.2) is 5.38 Å². The van der Waals surface area contributed by atoms with Crippen molar-refractivity contribution in [1.29, 1.82) is 0 Å². The highest BCUT2D eigenvalue weighted by atomic mass is 35.5. The summed E-state index contributed by atoms with van der Waals surface area (Å²) in [5, 5.41) is 0.303. The van der Waals surface area contributed by atoms with Crippen LogP contribution in [0.3, 0.4) is 0 Å². The molecule has 1 aromatic heterocycles. The summed E-state index contributed by atoms with van der Waals surface area (Å²) in [6.07, 6.45) is 2.21. The van der Waals surface area contributed by atoms with Crippen molar-refractivity contribution in [2.75, 3.05) is 0 Å². The lowest BCUT2D eigenvalue weighted by Gasteiger charge is -1.98. The van der Waals surface area contributed by atoms with Gasteiger partial charge in [-0.3, -0.25) is 0 Å². The standard InChI is InChI=1S/C9H13ClS/c1-7(10)3-5-9-6-4-8(2)11-9/h4,6-7H,3,5H2,1-2H3. The number of hydrogen-bond donors (Lipinski definition) is 0. The number of alkyl halides is 1. The van der Waals surface area contributed by atoms with Crippen LogP contribution in [-0.2, 0) is 6.42 Å². The molecule has 0 nitrogen and oxygen atoms in total. The molecular formula is C9H13ClS. The van der Waals surface area contributed by atoms with Gasteiger partial charge in [0, 0.05) is 15.1 Å². The van der Waals surface area contributed by atoms with Crippen molar-refractivity contribution in [2.24, 2.45) is 0 Å². The number of halogens is 1. The fourth-order valence-electron chi connectivity index (χ4n) is 0.961. The summed E-state index contributed by atoms with van der Waals surface area (Å²) in [6.45, 7) is 4.18. The van der Waals surface area contributed by atoms with Crippen LogP contribution >= 0.6 is 22.9 Å². The number of rotatable bonds is 3. The lowest BCUT2D eigenvalue weighted by molar-refractivity contribution is 0.812. The molecule has 1 heterocycles. The van der Waals surface area contributed by atoms with Crippen LogP contribution in [0.1, 0.15) is 23.1 Å². The van der Waals surface area contributed by atoms with Gasteiger partial charge in [0.15, 0.2) is 0 Å². The second-order valence-corrected chi connectivity index (χ2v) is 4.95. The maximum Gasteiger partial charge on any atom is 0.0311 e. The van der Waals surface area contributed by atoms with Gasteiger partial charge in [-0.05, 0) is 38.8 Å². The van der Waals surface area contributed by atoms with Crippen molar-refractivity contribution in [3.8, 4) is 0 Å². The summed E-state index contributed by atoms with van der Waals surface area (Å²) >= 11 is 7.71. The minimum absolute atomic E-state index is 0.303. The first-order valence-corrected chi connectivity index (χ1v) is 5.13. The molecule has 0 aliphatic rings. The average Bonchev–Trinajstić information content (AvgIpc) is 2.31. The molecule has 0 aliphatic heterocycles. The third kappa shape index (κ3) is 3.26. The van der Waals surface area contributed by atoms with Gasteiger partial charge < -0.3 is 0 Å². The van der Waals surface area contributed by atoms with E-state index in [0.717, 1.165) is 12.8 Å². The first-order chi connectivity index (χ1) is 5.18. The molecule has 0 N–H and O–H groups in total. The van der Waals surface area contributed by atoms with E-state index in [1.54, 1.807) is 0 Å². The van der Waals surface area contributed by atoms with E-state index in [1.807, 2.05) is 18.3 Å². The third-order valence-electron chi connectivity index (χ3n) is 1.58. The molecule has 0 saturated carbocycles. The molecular weight excluding hydrogens is 176 g/mol. The summed E-state index contributed by atoms with van der Waals surface area (Å²) in [7, 11) is 0. The van der Waals surface area contributed by atoms with Crippen molar-refractivity contribution in [3.05, 3.63) is 21.9 Å². The Morgan fingerprint density at radius 2 is 2.27 bits per heavy atom. The summed E-state index contributed by atoms with van der Waals surface area (Å²) in [6, 6.07) is 4.36. The first-order valence-electron chi connectivity index (χ1n) is 3.88. The number of aryl methyl sites for hydroxylation is 2. The summed E-state index contributed by atoms with van der Waals surface area (Å²) < 4.78 is 0. The highest BCUT2D eigenvalue weighted by Gasteiger charge is 1.99. The molecule has 0 aliphatic carbocycles. The predicted octanol–water partition coefficient (Wildman–Crippen LogP) is 3.62. The van der Waals surface area contributed by atoms with E-state index in [2.05, 4.69) is 19.1 Å². The minimum atomic E-state index is 0.303. The zero-order valence-corrected chi connectivity index (χ0v) is 8.50. The van der Waals surface area contributed by atoms with Crippen LogP contribution in [0, 0.1) is 6.92 Å². The van der Waals surface area contributed by atoms with Crippen molar-refractivity contribution in [1.82, 2.24) is 0 Å². The Morgan fingerprint density at radius 1 is 1.55 bits per heavy atom. The van der Waals surface area contributed by atoms with Crippen LogP contribution in [0.15, 0.2) is 12.1 Å². The van der Waals surface area contributed by atoms with E-state index in [1.165, 1.54) is 9.75 Å².